The Morgan fingerprint density at radius 1 is 1.14 bits per heavy atom. The first-order chi connectivity index (χ1) is 10.4. The second-order valence-electron chi connectivity index (χ2n) is 6.12. The third-order valence-corrected chi connectivity index (χ3v) is 4.06. The molecular weight excluding hydrogens is 270 g/mol. The van der Waals surface area contributed by atoms with Gasteiger partial charge in [-0.3, -0.25) is 4.79 Å². The van der Waals surface area contributed by atoms with Crippen LogP contribution in [0.2, 0.25) is 0 Å². The van der Waals surface area contributed by atoms with Gasteiger partial charge in [0.05, 0.1) is 0 Å². The molecule has 0 spiro atoms. The van der Waals surface area contributed by atoms with Crippen molar-refractivity contribution in [1.29, 1.82) is 0 Å². The van der Waals surface area contributed by atoms with E-state index in [0.717, 1.165) is 31.5 Å². The van der Waals surface area contributed by atoms with Crippen LogP contribution < -0.4 is 0 Å². The highest BCUT2D eigenvalue weighted by Crippen LogP contribution is 2.14. The van der Waals surface area contributed by atoms with Crippen molar-refractivity contribution in [1.82, 2.24) is 4.90 Å². The number of carbonyl (C=O) groups excluding carboxylic acids is 1. The Balaban J connectivity index is 4.22. The van der Waals surface area contributed by atoms with Crippen LogP contribution in [0.1, 0.15) is 67.2 Å². The van der Waals surface area contributed by atoms with Crippen molar-refractivity contribution >= 4 is 5.91 Å². The fourth-order valence-electron chi connectivity index (χ4n) is 2.23. The maximum absolute atomic E-state index is 12.0. The molecule has 1 amide bonds. The molecule has 22 heavy (non-hydrogen) atoms. The van der Waals surface area contributed by atoms with Gasteiger partial charge in [-0.15, -0.1) is 0 Å². The van der Waals surface area contributed by atoms with Crippen LogP contribution in [0.5, 0.6) is 0 Å². The van der Waals surface area contributed by atoms with Gasteiger partial charge in [-0.1, -0.05) is 37.6 Å². The largest absolute Gasteiger partial charge is 0.340 e. The van der Waals surface area contributed by atoms with E-state index in [-0.39, 0.29) is 5.91 Å². The highest BCUT2D eigenvalue weighted by Gasteiger charge is 2.05. The summed E-state index contributed by atoms with van der Waals surface area (Å²) in [6, 6.07) is 0. The number of nitrogens with zero attached hydrogens (tertiary/aromatic N) is 1. The molecule has 0 N–H and O–H groups in total. The average Bonchev–Trinajstić information content (AvgIpc) is 2.48. The number of allylic oxidation sites excluding steroid dienone is 5. The van der Waals surface area contributed by atoms with Gasteiger partial charge in [0.2, 0.25) is 5.91 Å². The van der Waals surface area contributed by atoms with Gasteiger partial charge in [0.25, 0.3) is 0 Å². The molecule has 0 aliphatic heterocycles. The summed E-state index contributed by atoms with van der Waals surface area (Å²) in [6.07, 6.45) is 13.0. The first-order valence-corrected chi connectivity index (χ1v) is 8.73. The molecule has 0 aliphatic rings. The van der Waals surface area contributed by atoms with Crippen molar-refractivity contribution in [2.75, 3.05) is 13.1 Å². The second kappa shape index (κ2) is 12.3. The minimum absolute atomic E-state index is 0.111. The van der Waals surface area contributed by atoms with Crippen molar-refractivity contribution in [3.63, 3.8) is 0 Å². The van der Waals surface area contributed by atoms with Crippen LogP contribution in [0.25, 0.3) is 0 Å². The van der Waals surface area contributed by atoms with Crippen LogP contribution in [0, 0.1) is 5.92 Å². The van der Waals surface area contributed by atoms with Gasteiger partial charge < -0.3 is 4.90 Å². The summed E-state index contributed by atoms with van der Waals surface area (Å²) >= 11 is 0. The molecule has 1 atom stereocenters. The lowest BCUT2D eigenvalue weighted by Gasteiger charge is -2.16. The fraction of sp³-hybridized carbons (Fsp3) is 0.650. The Labute approximate surface area is 138 Å². The number of hydrogen-bond acceptors (Lipinski definition) is 1. The number of hydrogen-bond donors (Lipinski definition) is 0. The van der Waals surface area contributed by atoms with Crippen molar-refractivity contribution in [3.8, 4) is 0 Å². The molecule has 0 radical (unpaired) electrons. The van der Waals surface area contributed by atoms with Crippen LogP contribution >= 0.6 is 0 Å². The molecule has 0 aromatic heterocycles. The maximum atomic E-state index is 12.0. The van der Waals surface area contributed by atoms with E-state index in [1.54, 1.807) is 6.08 Å². The third kappa shape index (κ3) is 9.59. The van der Waals surface area contributed by atoms with Crippen molar-refractivity contribution in [2.24, 2.45) is 5.92 Å². The standard InChI is InChI=1S/C20H35NO/c1-7-17(4)12-10-13-18(5)14-11-15-19(6)16-20(22)21(8-2)9-3/h11-12,15-16,18H,7-10,13-14H2,1-6H3. The Bertz CT molecular complexity index is 400. The SMILES string of the molecule is CCC(C)=CCCC(C)CC=CC(C)=CC(=O)N(CC)CC. The van der Waals surface area contributed by atoms with Crippen molar-refractivity contribution in [2.45, 2.75) is 67.2 Å². The van der Waals surface area contributed by atoms with Crippen LogP contribution in [0.15, 0.2) is 35.5 Å². The topological polar surface area (TPSA) is 20.3 Å². The van der Waals surface area contributed by atoms with Crippen LogP contribution in [-0.4, -0.2) is 23.9 Å². The molecule has 0 fully saturated rings. The quantitative estimate of drug-likeness (QED) is 0.295. The monoisotopic (exact) mass is 305 g/mol. The van der Waals surface area contributed by atoms with Gasteiger partial charge in [-0.05, 0) is 64.9 Å². The van der Waals surface area contributed by atoms with E-state index in [1.807, 2.05) is 25.7 Å². The van der Waals surface area contributed by atoms with Crippen LogP contribution in [0.4, 0.5) is 0 Å². The molecule has 0 saturated heterocycles. The number of carbonyl (C=O) groups is 1. The zero-order valence-electron chi connectivity index (χ0n) is 15.5. The normalized spacial score (nSPS) is 14.5. The molecule has 0 rings (SSSR count). The second-order valence-corrected chi connectivity index (χ2v) is 6.12. The number of likely N-dealkylation sites (N-methyl/N-ethyl adjacent to an activating group) is 1. The molecule has 0 aliphatic carbocycles. The summed E-state index contributed by atoms with van der Waals surface area (Å²) in [5.74, 6) is 0.795. The Hall–Kier alpha value is -1.31. The van der Waals surface area contributed by atoms with E-state index >= 15 is 0 Å². The molecule has 126 valence electrons. The summed E-state index contributed by atoms with van der Waals surface area (Å²) in [5, 5.41) is 0. The van der Waals surface area contributed by atoms with E-state index in [1.165, 1.54) is 18.4 Å². The van der Waals surface area contributed by atoms with Crippen molar-refractivity contribution < 1.29 is 4.79 Å². The van der Waals surface area contributed by atoms with Gasteiger partial charge in [-0.25, -0.2) is 0 Å². The van der Waals surface area contributed by atoms with E-state index in [4.69, 9.17) is 0 Å². The maximum Gasteiger partial charge on any atom is 0.246 e. The number of amides is 1. The molecule has 2 nitrogen and oxygen atoms in total. The van der Waals surface area contributed by atoms with Gasteiger partial charge >= 0.3 is 0 Å². The molecular formula is C20H35NO. The molecule has 0 aromatic rings. The summed E-state index contributed by atoms with van der Waals surface area (Å²) < 4.78 is 0. The van der Waals surface area contributed by atoms with E-state index < -0.39 is 0 Å². The Morgan fingerprint density at radius 3 is 2.32 bits per heavy atom. The van der Waals surface area contributed by atoms with E-state index in [9.17, 15) is 4.79 Å². The average molecular weight is 306 g/mol. The predicted octanol–water partition coefficient (Wildman–Crippen LogP) is 5.52. The van der Waals surface area contributed by atoms with E-state index in [0.29, 0.717) is 5.92 Å². The Kier molecular flexibility index (Phi) is 11.5. The molecule has 1 unspecified atom stereocenters. The van der Waals surface area contributed by atoms with Gasteiger partial charge in [0.1, 0.15) is 0 Å². The van der Waals surface area contributed by atoms with Crippen molar-refractivity contribution in [3.05, 3.63) is 35.5 Å². The first-order valence-electron chi connectivity index (χ1n) is 8.73. The zero-order chi connectivity index (χ0) is 17.0. The summed E-state index contributed by atoms with van der Waals surface area (Å²) in [6.45, 7) is 14.2. The Morgan fingerprint density at radius 2 is 1.77 bits per heavy atom. The smallest absolute Gasteiger partial charge is 0.246 e. The minimum atomic E-state index is 0.111. The van der Waals surface area contributed by atoms with Crippen LogP contribution in [0.3, 0.4) is 0 Å². The lowest BCUT2D eigenvalue weighted by Crippen LogP contribution is -2.28. The van der Waals surface area contributed by atoms with E-state index in [2.05, 4.69) is 39.0 Å². The fourth-order valence-corrected chi connectivity index (χ4v) is 2.23. The molecule has 2 heteroatoms. The summed E-state index contributed by atoms with van der Waals surface area (Å²) in [7, 11) is 0. The van der Waals surface area contributed by atoms with Crippen LogP contribution in [-0.2, 0) is 4.79 Å². The lowest BCUT2D eigenvalue weighted by atomic mass is 10.00. The third-order valence-electron chi connectivity index (χ3n) is 4.06. The zero-order valence-corrected chi connectivity index (χ0v) is 15.5. The number of rotatable bonds is 10. The molecule has 0 bridgehead atoms. The highest BCUT2D eigenvalue weighted by atomic mass is 16.2. The van der Waals surface area contributed by atoms with Gasteiger partial charge in [0.15, 0.2) is 0 Å². The van der Waals surface area contributed by atoms with Gasteiger partial charge in [-0.2, -0.15) is 0 Å². The lowest BCUT2D eigenvalue weighted by molar-refractivity contribution is -0.125. The summed E-state index contributed by atoms with van der Waals surface area (Å²) in [4.78, 5) is 13.8. The molecule has 0 heterocycles. The predicted molar refractivity (Wildman–Crippen MR) is 97.9 cm³/mol. The summed E-state index contributed by atoms with van der Waals surface area (Å²) in [5.41, 5.74) is 2.52. The molecule has 0 saturated carbocycles. The minimum Gasteiger partial charge on any atom is -0.340 e. The highest BCUT2D eigenvalue weighted by molar-refractivity contribution is 5.88. The van der Waals surface area contributed by atoms with Gasteiger partial charge in [0, 0.05) is 19.2 Å². The first kappa shape index (κ1) is 20.7. The molecule has 0 aromatic carbocycles.